The summed E-state index contributed by atoms with van der Waals surface area (Å²) in [7, 11) is 1.96. The van der Waals surface area contributed by atoms with Crippen molar-refractivity contribution >= 4 is 35.7 Å². The molecule has 1 heterocycles. The monoisotopic (exact) mass is 416 g/mol. The number of para-hydroxylation sites is 2. The van der Waals surface area contributed by atoms with Gasteiger partial charge in [0.05, 0.1) is 0 Å². The van der Waals surface area contributed by atoms with Crippen LogP contribution in [0.4, 0.5) is 24.5 Å². The van der Waals surface area contributed by atoms with Gasteiger partial charge in [0.15, 0.2) is 6.26 Å². The van der Waals surface area contributed by atoms with Crippen molar-refractivity contribution in [2.24, 2.45) is 0 Å². The Balaban J connectivity index is 0. The molecule has 0 saturated heterocycles. The Hall–Kier alpha value is 0.0900. The van der Waals surface area contributed by atoms with Gasteiger partial charge in [-0.05, 0) is 12.1 Å². The molecule has 0 saturated carbocycles. The summed E-state index contributed by atoms with van der Waals surface area (Å²) in [5.41, 5.74) is 4.50. The smallest absolute Gasteiger partial charge is 1.00 e. The molecule has 2 nitrogen and oxygen atoms in total. The second kappa shape index (κ2) is 10.0. The van der Waals surface area contributed by atoms with Gasteiger partial charge in [-0.25, -0.2) is 0 Å². The maximum atomic E-state index is 12.4. The molecule has 128 valence electrons. The first-order valence-corrected chi connectivity index (χ1v) is 9.63. The van der Waals surface area contributed by atoms with E-state index in [0.717, 1.165) is 28.1 Å². The average molecular weight is 416 g/mol. The normalized spacial score (nSPS) is 12.8. The Bertz CT molecular complexity index is 791. The van der Waals surface area contributed by atoms with E-state index < -0.39 is 19.3 Å². The van der Waals surface area contributed by atoms with Crippen LogP contribution in [-0.4, -0.2) is 19.4 Å². The zero-order valence-corrected chi connectivity index (χ0v) is 20.5. The van der Waals surface area contributed by atoms with E-state index in [2.05, 4.69) is 0 Å². The van der Waals surface area contributed by atoms with Crippen molar-refractivity contribution in [3.8, 4) is 0 Å². The van der Waals surface area contributed by atoms with Gasteiger partial charge in [0, 0.05) is 35.1 Å². The SMILES string of the molecule is CN1c2ccccc2C(=CO[P+](=S)CC(F)(F)F)c2ccccc21.[H-].[H-].[Na+].[Na+]. The Morgan fingerprint density at radius 2 is 1.50 bits per heavy atom. The predicted molar refractivity (Wildman–Crippen MR) is 96.5 cm³/mol. The van der Waals surface area contributed by atoms with Crippen molar-refractivity contribution < 1.29 is 79.7 Å². The molecule has 0 spiro atoms. The Kier molecular flexibility index (Phi) is 9.31. The van der Waals surface area contributed by atoms with E-state index in [1.165, 1.54) is 6.26 Å². The van der Waals surface area contributed by atoms with Gasteiger partial charge < -0.3 is 7.75 Å². The molecule has 0 radical (unpaired) electrons. The number of hydrogen-bond donors (Lipinski definition) is 0. The van der Waals surface area contributed by atoms with Crippen LogP contribution < -0.4 is 64.0 Å². The molecule has 26 heavy (non-hydrogen) atoms. The van der Waals surface area contributed by atoms with E-state index in [1.54, 1.807) is 0 Å². The summed E-state index contributed by atoms with van der Waals surface area (Å²) < 4.78 is 42.6. The molecule has 1 aliphatic rings. The molecule has 1 atom stereocenters. The quantitative estimate of drug-likeness (QED) is 0.392. The van der Waals surface area contributed by atoms with Gasteiger partial charge in [-0.2, -0.15) is 13.2 Å². The molecule has 0 N–H and O–H groups in total. The fraction of sp³-hybridized carbons (Fsp3) is 0.176. The molecule has 9 heteroatoms. The topological polar surface area (TPSA) is 12.5 Å². The molecule has 0 fully saturated rings. The molecule has 0 aliphatic carbocycles. The Morgan fingerprint density at radius 3 is 1.96 bits per heavy atom. The first kappa shape index (κ1) is 24.1. The molecule has 3 rings (SSSR count). The van der Waals surface area contributed by atoms with E-state index in [0.29, 0.717) is 0 Å². The third-order valence-electron chi connectivity index (χ3n) is 3.71. The minimum Gasteiger partial charge on any atom is -1.00 e. The van der Waals surface area contributed by atoms with Crippen molar-refractivity contribution in [2.75, 3.05) is 18.1 Å². The van der Waals surface area contributed by atoms with Crippen molar-refractivity contribution in [3.05, 3.63) is 65.9 Å². The summed E-state index contributed by atoms with van der Waals surface area (Å²) in [6, 6.07) is 15.4. The summed E-state index contributed by atoms with van der Waals surface area (Å²) in [4.78, 5) is 2.05. The molecule has 0 bridgehead atoms. The number of fused-ring (bicyclic) bond motifs is 2. The van der Waals surface area contributed by atoms with Gasteiger partial charge in [0.25, 0.3) is 6.16 Å². The molecule has 0 aromatic heterocycles. The van der Waals surface area contributed by atoms with E-state index in [1.807, 2.05) is 60.5 Å². The second-order valence-electron chi connectivity index (χ2n) is 5.34. The number of benzene rings is 2. The zero-order chi connectivity index (χ0) is 17.3. The second-order valence-corrected chi connectivity index (χ2v) is 7.75. The third kappa shape index (κ3) is 5.55. The van der Waals surface area contributed by atoms with Crippen molar-refractivity contribution in [1.29, 1.82) is 0 Å². The van der Waals surface area contributed by atoms with Crippen molar-refractivity contribution in [2.45, 2.75) is 6.18 Å². The first-order valence-electron chi connectivity index (χ1n) is 7.18. The van der Waals surface area contributed by atoms with Crippen LogP contribution in [0.15, 0.2) is 54.8 Å². The summed E-state index contributed by atoms with van der Waals surface area (Å²) in [5, 5.41) is 0. The van der Waals surface area contributed by atoms with E-state index in [-0.39, 0.29) is 62.0 Å². The van der Waals surface area contributed by atoms with Gasteiger partial charge in [0.2, 0.25) is 11.8 Å². The number of anilines is 2. The number of halogens is 3. The van der Waals surface area contributed by atoms with Crippen LogP contribution in [0.1, 0.15) is 14.0 Å². The van der Waals surface area contributed by atoms with Crippen LogP contribution >= 0.6 is 6.92 Å². The van der Waals surface area contributed by atoms with Crippen LogP contribution in [0.25, 0.3) is 5.57 Å². The van der Waals surface area contributed by atoms with Gasteiger partial charge in [0.1, 0.15) is 0 Å². The van der Waals surface area contributed by atoms with E-state index >= 15 is 0 Å². The van der Waals surface area contributed by atoms with Crippen LogP contribution in [0.2, 0.25) is 0 Å². The molecular weight excluding hydrogens is 400 g/mol. The van der Waals surface area contributed by atoms with Gasteiger partial charge in [-0.15, -0.1) is 0 Å². The van der Waals surface area contributed by atoms with E-state index in [9.17, 15) is 13.2 Å². The van der Waals surface area contributed by atoms with Crippen LogP contribution in [0.3, 0.4) is 0 Å². The Morgan fingerprint density at radius 1 is 1.04 bits per heavy atom. The summed E-state index contributed by atoms with van der Waals surface area (Å²) in [5.74, 6) is 0. The summed E-state index contributed by atoms with van der Waals surface area (Å²) in [6.45, 7) is -2.01. The first-order chi connectivity index (χ1) is 11.4. The molecule has 2 aromatic carbocycles. The van der Waals surface area contributed by atoms with Crippen molar-refractivity contribution in [3.63, 3.8) is 0 Å². The number of nitrogens with zero attached hydrogens (tertiary/aromatic N) is 1. The molecule has 1 aliphatic heterocycles. The molecule has 1 unspecified atom stereocenters. The standard InChI is InChI=1S/C17H14F3NOPS.2Na.2H/c1-21-15-8-4-2-6-12(15)14(13-7-3-5-9-16(13)21)10-22-23(24)11-17(18,19)20;;;;/h2-10H,11H2,1H3;;;;/q3*+1;2*-1. The van der Waals surface area contributed by atoms with Crippen LogP contribution in [0, 0.1) is 0 Å². The molecule has 0 amide bonds. The summed E-state index contributed by atoms with van der Waals surface area (Å²) in [6.07, 6.45) is -4.02. The maximum absolute atomic E-state index is 12.4. The fourth-order valence-electron chi connectivity index (χ4n) is 2.68. The number of alkyl halides is 3. The number of hydrogen-bond acceptors (Lipinski definition) is 3. The Labute approximate surface area is 203 Å². The summed E-state index contributed by atoms with van der Waals surface area (Å²) >= 11 is 4.84. The van der Waals surface area contributed by atoms with Gasteiger partial charge in [-0.3, -0.25) is 4.52 Å². The van der Waals surface area contributed by atoms with E-state index in [4.69, 9.17) is 16.3 Å². The minimum atomic E-state index is -4.31. The predicted octanol–water partition coefficient (Wildman–Crippen LogP) is -0.172. The fourth-order valence-corrected chi connectivity index (χ4v) is 3.84. The van der Waals surface area contributed by atoms with Gasteiger partial charge >= 0.3 is 72.2 Å². The van der Waals surface area contributed by atoms with Crippen molar-refractivity contribution in [1.82, 2.24) is 0 Å². The average Bonchev–Trinajstić information content (AvgIpc) is 2.53. The number of rotatable bonds is 3. The minimum absolute atomic E-state index is 0. The molecular formula is C17H16F3NNa2OPS+. The maximum Gasteiger partial charge on any atom is 1.00 e. The van der Waals surface area contributed by atoms with Gasteiger partial charge in [-0.1, -0.05) is 36.4 Å². The third-order valence-corrected chi connectivity index (χ3v) is 5.31. The van der Waals surface area contributed by atoms with Crippen LogP contribution in [-0.2, 0) is 16.3 Å². The largest absolute Gasteiger partial charge is 1.00 e. The zero-order valence-electron chi connectivity index (χ0n) is 16.7. The molecule has 2 aromatic rings. The van der Waals surface area contributed by atoms with Crippen LogP contribution in [0.5, 0.6) is 0 Å².